The van der Waals surface area contributed by atoms with E-state index in [-0.39, 0.29) is 11.6 Å². The molecule has 0 saturated heterocycles. The molecule has 0 saturated carbocycles. The lowest BCUT2D eigenvalue weighted by Crippen LogP contribution is -2.08. The number of aryl methyl sites for hydroxylation is 2. The van der Waals surface area contributed by atoms with Crippen LogP contribution < -0.4 is 0 Å². The first-order valence-electron chi connectivity index (χ1n) is 7.37. The molecule has 1 aromatic carbocycles. The van der Waals surface area contributed by atoms with E-state index in [0.717, 1.165) is 29.1 Å². The fourth-order valence-electron chi connectivity index (χ4n) is 2.47. The smallest absolute Gasteiger partial charge is 0.402 e. The van der Waals surface area contributed by atoms with Crippen LogP contribution >= 0.6 is 0 Å². The molecule has 0 radical (unpaired) electrons. The molecule has 0 N–H and O–H groups in total. The third-order valence-electron chi connectivity index (χ3n) is 3.93. The van der Waals surface area contributed by atoms with Gasteiger partial charge in [0.1, 0.15) is 0 Å². The van der Waals surface area contributed by atoms with Crippen molar-refractivity contribution in [1.82, 2.24) is 9.78 Å². The Kier molecular flexibility index (Phi) is 3.98. The van der Waals surface area contributed by atoms with Crippen molar-refractivity contribution in [1.29, 1.82) is 0 Å². The molecule has 1 aromatic heterocycles. The zero-order chi connectivity index (χ0) is 18.4. The molecule has 0 fully saturated rings. The summed E-state index contributed by atoms with van der Waals surface area (Å²) in [5, 5.41) is 4.25. The van der Waals surface area contributed by atoms with Crippen LogP contribution in [-0.4, -0.2) is 21.6 Å². The lowest BCUT2D eigenvalue weighted by molar-refractivity contribution is -0.137. The largest absolute Gasteiger partial charge is 0.416 e. The topological polar surface area (TPSA) is 56.5 Å². The first-order valence-corrected chi connectivity index (χ1v) is 7.37. The van der Waals surface area contributed by atoms with Gasteiger partial charge in [-0.25, -0.2) is 9.79 Å². The van der Waals surface area contributed by atoms with Gasteiger partial charge in [0, 0.05) is 23.9 Å². The average Bonchev–Trinajstić information content (AvgIpc) is 3.02. The highest BCUT2D eigenvalue weighted by atomic mass is 19.4. The molecular formula is C17H14F3N3O2. The maximum Gasteiger partial charge on any atom is 0.416 e. The Hall–Kier alpha value is -2.90. The number of hydrogen-bond acceptors (Lipinski definition) is 4. The van der Waals surface area contributed by atoms with Gasteiger partial charge in [-0.3, -0.25) is 4.68 Å². The van der Waals surface area contributed by atoms with Crippen molar-refractivity contribution in [3.63, 3.8) is 0 Å². The molecule has 0 amide bonds. The Bertz CT molecular complexity index is 906. The maximum atomic E-state index is 12.6. The summed E-state index contributed by atoms with van der Waals surface area (Å²) < 4.78 is 44.6. The van der Waals surface area contributed by atoms with Gasteiger partial charge in [-0.2, -0.15) is 18.3 Å². The van der Waals surface area contributed by atoms with Gasteiger partial charge in [0.25, 0.3) is 0 Å². The number of nitrogens with zero attached hydrogens (tertiary/aromatic N) is 3. The molecule has 130 valence electrons. The minimum absolute atomic E-state index is 0.0239. The number of esters is 1. The lowest BCUT2D eigenvalue weighted by atomic mass is 10.1. The van der Waals surface area contributed by atoms with Crippen LogP contribution in [0.15, 0.2) is 35.0 Å². The number of carbonyl (C=O) groups is 1. The zero-order valence-electron chi connectivity index (χ0n) is 13.7. The van der Waals surface area contributed by atoms with Crippen LogP contribution in [0.1, 0.15) is 28.1 Å². The van der Waals surface area contributed by atoms with Crippen molar-refractivity contribution >= 4 is 17.9 Å². The summed E-state index contributed by atoms with van der Waals surface area (Å²) in [7, 11) is 1.79. The quantitative estimate of drug-likeness (QED) is 0.617. The van der Waals surface area contributed by atoms with Crippen molar-refractivity contribution < 1.29 is 22.7 Å². The first-order chi connectivity index (χ1) is 11.7. The molecule has 3 rings (SSSR count). The number of alkyl halides is 3. The van der Waals surface area contributed by atoms with Crippen LogP contribution in [0.3, 0.4) is 0 Å². The van der Waals surface area contributed by atoms with Gasteiger partial charge in [-0.15, -0.1) is 0 Å². The van der Waals surface area contributed by atoms with Crippen molar-refractivity contribution in [3.8, 4) is 0 Å². The minimum Gasteiger partial charge on any atom is -0.402 e. The third kappa shape index (κ3) is 3.19. The van der Waals surface area contributed by atoms with Crippen LogP contribution in [0.25, 0.3) is 6.08 Å². The number of cyclic esters (lactones) is 1. The van der Waals surface area contributed by atoms with E-state index in [9.17, 15) is 18.0 Å². The van der Waals surface area contributed by atoms with Gasteiger partial charge >= 0.3 is 12.1 Å². The predicted octanol–water partition coefficient (Wildman–Crippen LogP) is 3.40. The van der Waals surface area contributed by atoms with Gasteiger partial charge in [0.05, 0.1) is 11.3 Å². The van der Waals surface area contributed by atoms with Crippen LogP contribution in [0.5, 0.6) is 0 Å². The van der Waals surface area contributed by atoms with Gasteiger partial charge < -0.3 is 4.74 Å². The van der Waals surface area contributed by atoms with Crippen LogP contribution in [0.2, 0.25) is 0 Å². The average molecular weight is 349 g/mol. The third-order valence-corrected chi connectivity index (χ3v) is 3.93. The fourth-order valence-corrected chi connectivity index (χ4v) is 2.47. The summed E-state index contributed by atoms with van der Waals surface area (Å²) in [5.74, 6) is -0.679. The molecule has 0 unspecified atom stereocenters. The summed E-state index contributed by atoms with van der Waals surface area (Å²) in [6, 6.07) is 4.28. The van der Waals surface area contributed by atoms with Crippen LogP contribution in [0.4, 0.5) is 13.2 Å². The molecule has 0 aliphatic carbocycles. The highest BCUT2D eigenvalue weighted by Gasteiger charge is 2.31. The molecule has 0 bridgehead atoms. The monoisotopic (exact) mass is 349 g/mol. The number of hydrogen-bond donors (Lipinski definition) is 0. The summed E-state index contributed by atoms with van der Waals surface area (Å²) >= 11 is 0. The summed E-state index contributed by atoms with van der Waals surface area (Å²) in [6.07, 6.45) is -2.86. The maximum absolute atomic E-state index is 12.6. The summed E-state index contributed by atoms with van der Waals surface area (Å²) in [4.78, 5) is 16.1. The number of halogens is 3. The Morgan fingerprint density at radius 3 is 2.32 bits per heavy atom. The van der Waals surface area contributed by atoms with Gasteiger partial charge in [-0.1, -0.05) is 0 Å². The number of carbonyl (C=O) groups excluding carboxylic acids is 1. The van der Waals surface area contributed by atoms with E-state index in [2.05, 4.69) is 10.1 Å². The molecule has 2 heterocycles. The molecule has 8 heteroatoms. The molecule has 0 spiro atoms. The van der Waals surface area contributed by atoms with E-state index in [1.165, 1.54) is 12.1 Å². The Balaban J connectivity index is 1.94. The predicted molar refractivity (Wildman–Crippen MR) is 84.7 cm³/mol. The van der Waals surface area contributed by atoms with E-state index in [0.29, 0.717) is 5.56 Å². The normalized spacial score (nSPS) is 16.3. The lowest BCUT2D eigenvalue weighted by Gasteiger charge is -2.06. The Labute approximate surface area is 141 Å². The first kappa shape index (κ1) is 16.9. The second-order valence-electron chi connectivity index (χ2n) is 5.62. The molecule has 1 aliphatic rings. The Morgan fingerprint density at radius 1 is 1.16 bits per heavy atom. The van der Waals surface area contributed by atoms with E-state index < -0.39 is 17.7 Å². The fraction of sp³-hybridized carbons (Fsp3) is 0.235. The second-order valence-corrected chi connectivity index (χ2v) is 5.62. The summed E-state index contributed by atoms with van der Waals surface area (Å²) in [5.41, 5.74) is 1.94. The standard InChI is InChI=1S/C17H14F3N3O2/c1-9-13(10(2)23(3)22-9)8-14-16(24)25-15(21-14)11-4-6-12(7-5-11)17(18,19)20/h4-8H,1-3H3. The number of ether oxygens (including phenoxy) is 1. The van der Waals surface area contributed by atoms with Crippen molar-refractivity contribution in [3.05, 3.63) is 58.0 Å². The van der Waals surface area contributed by atoms with Crippen LogP contribution in [-0.2, 0) is 22.8 Å². The van der Waals surface area contributed by atoms with Gasteiger partial charge in [-0.05, 0) is 44.2 Å². The number of aromatic nitrogens is 2. The van der Waals surface area contributed by atoms with Crippen LogP contribution in [0, 0.1) is 13.8 Å². The Morgan fingerprint density at radius 2 is 1.80 bits per heavy atom. The van der Waals surface area contributed by atoms with E-state index >= 15 is 0 Å². The van der Waals surface area contributed by atoms with E-state index in [1.807, 2.05) is 6.92 Å². The number of aliphatic imine (C=N–C) groups is 1. The SMILES string of the molecule is Cc1nn(C)c(C)c1C=C1N=C(c2ccc(C(F)(F)F)cc2)OC1=O. The highest BCUT2D eigenvalue weighted by Crippen LogP contribution is 2.30. The minimum atomic E-state index is -4.42. The van der Waals surface area contributed by atoms with Crippen molar-refractivity contribution in [2.75, 3.05) is 0 Å². The van der Waals surface area contributed by atoms with Crippen molar-refractivity contribution in [2.45, 2.75) is 20.0 Å². The van der Waals surface area contributed by atoms with Gasteiger partial charge in [0.2, 0.25) is 5.90 Å². The molecule has 1 aliphatic heterocycles. The second kappa shape index (κ2) is 5.87. The highest BCUT2D eigenvalue weighted by molar-refractivity contribution is 6.12. The number of rotatable bonds is 2. The van der Waals surface area contributed by atoms with Crippen molar-refractivity contribution in [2.24, 2.45) is 12.0 Å². The molecule has 2 aromatic rings. The molecular weight excluding hydrogens is 335 g/mol. The molecule has 25 heavy (non-hydrogen) atoms. The molecule has 5 nitrogen and oxygen atoms in total. The zero-order valence-corrected chi connectivity index (χ0v) is 13.7. The van der Waals surface area contributed by atoms with Gasteiger partial charge in [0.15, 0.2) is 5.70 Å². The van der Waals surface area contributed by atoms with E-state index in [1.54, 1.807) is 24.7 Å². The van der Waals surface area contributed by atoms with E-state index in [4.69, 9.17) is 4.74 Å². The summed E-state index contributed by atoms with van der Waals surface area (Å²) in [6.45, 7) is 3.66. The number of benzene rings is 1. The molecule has 0 atom stereocenters.